The molecule has 2 aromatic carbocycles. The molecule has 3 unspecified atom stereocenters. The molecule has 1 aliphatic carbocycles. The summed E-state index contributed by atoms with van der Waals surface area (Å²) in [6.07, 6.45) is 3.18. The fourth-order valence-electron chi connectivity index (χ4n) is 3.69. The summed E-state index contributed by atoms with van der Waals surface area (Å²) in [6, 6.07) is 18.7. The summed E-state index contributed by atoms with van der Waals surface area (Å²) in [7, 11) is 0. The maximum absolute atomic E-state index is 12.4. The molecule has 2 aromatic rings. The van der Waals surface area contributed by atoms with Crippen LogP contribution >= 0.6 is 12.4 Å². The molecule has 5 heteroatoms. The van der Waals surface area contributed by atoms with Crippen LogP contribution in [-0.2, 0) is 11.4 Å². The summed E-state index contributed by atoms with van der Waals surface area (Å²) in [5.41, 5.74) is 2.40. The second-order valence-corrected chi connectivity index (χ2v) is 7.34. The molecule has 3 atom stereocenters. The smallest absolute Gasteiger partial charge is 0.224 e. The first-order valence-corrected chi connectivity index (χ1v) is 9.57. The van der Waals surface area contributed by atoms with E-state index < -0.39 is 0 Å². The Hall–Kier alpha value is -2.04. The summed E-state index contributed by atoms with van der Waals surface area (Å²) in [5.74, 6) is 1.57. The van der Waals surface area contributed by atoms with Gasteiger partial charge in [0.05, 0.1) is 0 Å². The van der Waals surface area contributed by atoms with Gasteiger partial charge in [-0.3, -0.25) is 4.79 Å². The molecule has 1 saturated carbocycles. The molecule has 0 aromatic heterocycles. The summed E-state index contributed by atoms with van der Waals surface area (Å²) < 4.78 is 5.84. The predicted molar refractivity (Wildman–Crippen MR) is 109 cm³/mol. The number of ether oxygens (including phenoxy) is 1. The predicted octanol–water partition coefficient (Wildman–Crippen LogP) is 3.66. The lowest BCUT2D eigenvalue weighted by Crippen LogP contribution is -2.46. The van der Waals surface area contributed by atoms with Crippen molar-refractivity contribution in [3.63, 3.8) is 0 Å². The number of hydrogen-bond acceptors (Lipinski definition) is 3. The third-order valence-corrected chi connectivity index (χ3v) is 5.33. The van der Waals surface area contributed by atoms with Gasteiger partial charge in [-0.2, -0.15) is 0 Å². The number of hydrogen-bond donors (Lipinski definition) is 2. The van der Waals surface area contributed by atoms with E-state index >= 15 is 0 Å². The zero-order valence-electron chi connectivity index (χ0n) is 15.4. The quantitative estimate of drug-likeness (QED) is 0.796. The Morgan fingerprint density at radius 2 is 1.89 bits per heavy atom. The average Bonchev–Trinajstić information content (AvgIpc) is 3.49. The molecule has 0 bridgehead atoms. The minimum absolute atomic E-state index is 0. The lowest BCUT2D eigenvalue weighted by molar-refractivity contribution is -0.123. The van der Waals surface area contributed by atoms with Crippen LogP contribution in [0.4, 0.5) is 0 Å². The van der Waals surface area contributed by atoms with Crippen LogP contribution in [0.3, 0.4) is 0 Å². The second kappa shape index (κ2) is 9.25. The van der Waals surface area contributed by atoms with Gasteiger partial charge in [0.1, 0.15) is 12.4 Å². The van der Waals surface area contributed by atoms with Crippen LogP contribution in [0, 0.1) is 5.92 Å². The van der Waals surface area contributed by atoms with Crippen LogP contribution in [0.25, 0.3) is 0 Å². The van der Waals surface area contributed by atoms with Crippen LogP contribution in [0.2, 0.25) is 0 Å². The van der Waals surface area contributed by atoms with Gasteiger partial charge in [0.15, 0.2) is 0 Å². The molecule has 4 rings (SSSR count). The van der Waals surface area contributed by atoms with Crippen LogP contribution in [0.5, 0.6) is 5.75 Å². The van der Waals surface area contributed by atoms with Gasteiger partial charge in [-0.15, -0.1) is 12.4 Å². The van der Waals surface area contributed by atoms with Crippen molar-refractivity contribution in [2.45, 2.75) is 37.8 Å². The highest BCUT2D eigenvalue weighted by Gasteiger charge is 2.44. The molecule has 144 valence electrons. The number of benzene rings is 2. The van der Waals surface area contributed by atoms with Crippen molar-refractivity contribution < 1.29 is 9.53 Å². The molecule has 4 nitrogen and oxygen atoms in total. The fraction of sp³-hybridized carbons (Fsp3) is 0.409. The number of rotatable bonds is 6. The molecular weight excluding hydrogens is 360 g/mol. The van der Waals surface area contributed by atoms with Gasteiger partial charge in [0.2, 0.25) is 5.91 Å². The molecule has 1 aliphatic heterocycles. The van der Waals surface area contributed by atoms with Gasteiger partial charge in [-0.05, 0) is 55.0 Å². The van der Waals surface area contributed by atoms with Crippen molar-refractivity contribution in [1.82, 2.24) is 10.6 Å². The minimum atomic E-state index is 0. The molecule has 2 aliphatic rings. The molecule has 1 heterocycles. The standard InChI is InChI=1S/C22H26N2O2.ClH/c25-22(24-18-7-4-12-23-14-18)21-13-20(21)17-8-10-19(11-9-17)26-15-16-5-2-1-3-6-16;/h1-3,5-6,8-11,18,20-21,23H,4,7,12-15H2,(H,24,25);1H. The van der Waals surface area contributed by atoms with Crippen LogP contribution in [0.15, 0.2) is 54.6 Å². The monoisotopic (exact) mass is 386 g/mol. The molecule has 0 spiro atoms. The van der Waals surface area contributed by atoms with Gasteiger partial charge >= 0.3 is 0 Å². The van der Waals surface area contributed by atoms with E-state index in [1.54, 1.807) is 0 Å². The normalized spacial score (nSPS) is 23.8. The maximum Gasteiger partial charge on any atom is 0.224 e. The average molecular weight is 387 g/mol. The Bertz CT molecular complexity index is 730. The van der Waals surface area contributed by atoms with E-state index in [-0.39, 0.29) is 24.2 Å². The van der Waals surface area contributed by atoms with E-state index in [0.29, 0.717) is 18.6 Å². The van der Waals surface area contributed by atoms with Crippen molar-refractivity contribution in [2.24, 2.45) is 5.92 Å². The largest absolute Gasteiger partial charge is 0.489 e. The first kappa shape index (κ1) is 19.7. The number of carbonyl (C=O) groups is 1. The maximum atomic E-state index is 12.4. The number of carbonyl (C=O) groups excluding carboxylic acids is 1. The third kappa shape index (κ3) is 5.24. The third-order valence-electron chi connectivity index (χ3n) is 5.33. The van der Waals surface area contributed by atoms with Crippen molar-refractivity contribution >= 4 is 18.3 Å². The van der Waals surface area contributed by atoms with Gasteiger partial charge in [0, 0.05) is 18.5 Å². The first-order valence-electron chi connectivity index (χ1n) is 9.57. The molecule has 2 fully saturated rings. The van der Waals surface area contributed by atoms with Gasteiger partial charge in [0.25, 0.3) is 0 Å². The Morgan fingerprint density at radius 1 is 1.11 bits per heavy atom. The molecule has 27 heavy (non-hydrogen) atoms. The van der Waals surface area contributed by atoms with Gasteiger partial charge in [-0.25, -0.2) is 0 Å². The zero-order chi connectivity index (χ0) is 17.8. The Balaban J connectivity index is 0.00000210. The van der Waals surface area contributed by atoms with Crippen molar-refractivity contribution in [1.29, 1.82) is 0 Å². The minimum Gasteiger partial charge on any atom is -0.489 e. The first-order chi connectivity index (χ1) is 12.8. The van der Waals surface area contributed by atoms with Crippen molar-refractivity contribution in [2.75, 3.05) is 13.1 Å². The second-order valence-electron chi connectivity index (χ2n) is 7.34. The summed E-state index contributed by atoms with van der Waals surface area (Å²) in [5, 5.41) is 6.55. The summed E-state index contributed by atoms with van der Waals surface area (Å²) in [6.45, 7) is 2.54. The highest BCUT2D eigenvalue weighted by molar-refractivity contribution is 5.85. The summed E-state index contributed by atoms with van der Waals surface area (Å²) >= 11 is 0. The molecule has 0 radical (unpaired) electrons. The highest BCUT2D eigenvalue weighted by Crippen LogP contribution is 2.47. The lowest BCUT2D eigenvalue weighted by Gasteiger charge is -2.23. The highest BCUT2D eigenvalue weighted by atomic mass is 35.5. The van der Waals surface area contributed by atoms with Crippen LogP contribution < -0.4 is 15.4 Å². The number of amides is 1. The van der Waals surface area contributed by atoms with Crippen molar-refractivity contribution in [3.05, 3.63) is 65.7 Å². The number of halogens is 1. The van der Waals surface area contributed by atoms with E-state index in [9.17, 15) is 4.79 Å². The van der Waals surface area contributed by atoms with E-state index in [0.717, 1.165) is 43.7 Å². The van der Waals surface area contributed by atoms with Crippen LogP contribution in [0.1, 0.15) is 36.3 Å². The summed E-state index contributed by atoms with van der Waals surface area (Å²) in [4.78, 5) is 12.4. The van der Waals surface area contributed by atoms with E-state index in [1.165, 1.54) is 5.56 Å². The Kier molecular flexibility index (Phi) is 6.75. The molecular formula is C22H27ClN2O2. The number of piperidine rings is 1. The molecule has 1 amide bonds. The lowest BCUT2D eigenvalue weighted by atomic mass is 10.1. The molecule has 1 saturated heterocycles. The van der Waals surface area contributed by atoms with E-state index in [4.69, 9.17) is 4.74 Å². The van der Waals surface area contributed by atoms with Crippen LogP contribution in [-0.4, -0.2) is 25.0 Å². The molecule has 2 N–H and O–H groups in total. The Morgan fingerprint density at radius 3 is 2.59 bits per heavy atom. The van der Waals surface area contributed by atoms with Gasteiger partial charge < -0.3 is 15.4 Å². The van der Waals surface area contributed by atoms with Crippen molar-refractivity contribution in [3.8, 4) is 5.75 Å². The van der Waals surface area contributed by atoms with Gasteiger partial charge in [-0.1, -0.05) is 42.5 Å². The SMILES string of the molecule is Cl.O=C(NC1CCCNC1)C1CC1c1ccc(OCc2ccccc2)cc1. The number of nitrogens with one attached hydrogen (secondary N) is 2. The topological polar surface area (TPSA) is 50.4 Å². The van der Waals surface area contributed by atoms with E-state index in [1.807, 2.05) is 30.3 Å². The Labute approximate surface area is 167 Å². The fourth-order valence-corrected chi connectivity index (χ4v) is 3.69. The zero-order valence-corrected chi connectivity index (χ0v) is 16.2. The van der Waals surface area contributed by atoms with E-state index in [2.05, 4.69) is 34.9 Å².